The number of carboxylic acid groups (broad SMARTS) is 1. The van der Waals surface area contributed by atoms with Crippen LogP contribution in [0.4, 0.5) is 4.79 Å². The molecule has 7 heteroatoms. The first-order valence-corrected chi connectivity index (χ1v) is 6.61. The molecule has 6 nitrogen and oxygen atoms in total. The summed E-state index contributed by atoms with van der Waals surface area (Å²) < 4.78 is 0. The molecule has 1 fully saturated rings. The van der Waals surface area contributed by atoms with E-state index in [0.29, 0.717) is 19.5 Å². The predicted molar refractivity (Wildman–Crippen MR) is 66.4 cm³/mol. The summed E-state index contributed by atoms with van der Waals surface area (Å²) in [5.74, 6) is -1.27. The zero-order chi connectivity index (χ0) is 13.1. The molecule has 1 aliphatic rings. The molecule has 0 saturated carbocycles. The van der Waals surface area contributed by atoms with E-state index in [-0.39, 0.29) is 12.6 Å². The molecule has 2 heterocycles. The van der Waals surface area contributed by atoms with Crippen molar-refractivity contribution in [1.82, 2.24) is 15.2 Å². The molecule has 2 N–H and O–H groups in total. The third kappa shape index (κ3) is 2.98. The number of hydrogen-bond acceptors (Lipinski definition) is 4. The van der Waals surface area contributed by atoms with E-state index in [9.17, 15) is 9.59 Å². The summed E-state index contributed by atoms with van der Waals surface area (Å²) in [6.07, 6.45) is 0.526. The SMILES string of the molecule is Cc1nc(CNC(=O)N2CCC(C(=O)O)C2)cs1. The van der Waals surface area contributed by atoms with E-state index in [2.05, 4.69) is 10.3 Å². The number of carboxylic acids is 1. The minimum Gasteiger partial charge on any atom is -0.481 e. The van der Waals surface area contributed by atoms with Crippen molar-refractivity contribution in [1.29, 1.82) is 0 Å². The molecule has 1 aromatic heterocycles. The highest BCUT2D eigenvalue weighted by Crippen LogP contribution is 2.16. The molecule has 1 unspecified atom stereocenters. The number of urea groups is 1. The monoisotopic (exact) mass is 269 g/mol. The summed E-state index contributed by atoms with van der Waals surface area (Å²) in [5, 5.41) is 14.5. The van der Waals surface area contributed by atoms with Gasteiger partial charge >= 0.3 is 12.0 Å². The van der Waals surface area contributed by atoms with Crippen LogP contribution in [0.15, 0.2) is 5.38 Å². The van der Waals surface area contributed by atoms with Gasteiger partial charge in [-0.1, -0.05) is 0 Å². The summed E-state index contributed by atoms with van der Waals surface area (Å²) in [6.45, 7) is 3.08. The first kappa shape index (κ1) is 12.8. The molecule has 1 aliphatic heterocycles. The van der Waals surface area contributed by atoms with E-state index in [4.69, 9.17) is 5.11 Å². The molecule has 0 radical (unpaired) electrons. The molecule has 18 heavy (non-hydrogen) atoms. The molecule has 0 spiro atoms. The Bertz CT molecular complexity index is 460. The van der Waals surface area contributed by atoms with E-state index >= 15 is 0 Å². The van der Waals surface area contributed by atoms with Crippen LogP contribution in [-0.2, 0) is 11.3 Å². The third-order valence-electron chi connectivity index (χ3n) is 2.91. The fourth-order valence-electron chi connectivity index (χ4n) is 1.91. The molecule has 0 aliphatic carbocycles. The van der Waals surface area contributed by atoms with E-state index in [1.54, 1.807) is 0 Å². The number of thiazole rings is 1. The van der Waals surface area contributed by atoms with Crippen molar-refractivity contribution >= 4 is 23.3 Å². The van der Waals surface area contributed by atoms with Crippen LogP contribution in [0, 0.1) is 12.8 Å². The number of carbonyl (C=O) groups is 2. The molecule has 2 rings (SSSR count). The average molecular weight is 269 g/mol. The molecular formula is C11H15N3O3S. The van der Waals surface area contributed by atoms with E-state index in [0.717, 1.165) is 10.7 Å². The average Bonchev–Trinajstić information content (AvgIpc) is 2.94. The number of nitrogens with one attached hydrogen (secondary N) is 1. The lowest BCUT2D eigenvalue weighted by Gasteiger charge is -2.16. The van der Waals surface area contributed by atoms with Gasteiger partial charge in [-0.15, -0.1) is 11.3 Å². The van der Waals surface area contributed by atoms with Crippen LogP contribution in [0.3, 0.4) is 0 Å². The zero-order valence-electron chi connectivity index (χ0n) is 10.0. The number of amides is 2. The zero-order valence-corrected chi connectivity index (χ0v) is 10.9. The van der Waals surface area contributed by atoms with Crippen molar-refractivity contribution < 1.29 is 14.7 Å². The molecular weight excluding hydrogens is 254 g/mol. The van der Waals surface area contributed by atoms with Gasteiger partial charge in [-0.2, -0.15) is 0 Å². The van der Waals surface area contributed by atoms with Gasteiger partial charge in [-0.25, -0.2) is 9.78 Å². The lowest BCUT2D eigenvalue weighted by atomic mass is 10.1. The Hall–Kier alpha value is -1.63. The van der Waals surface area contributed by atoms with Crippen molar-refractivity contribution in [3.63, 3.8) is 0 Å². The smallest absolute Gasteiger partial charge is 0.317 e. The molecule has 1 atom stereocenters. The van der Waals surface area contributed by atoms with Crippen molar-refractivity contribution in [2.45, 2.75) is 19.9 Å². The molecule has 98 valence electrons. The Morgan fingerprint density at radius 3 is 3.00 bits per heavy atom. The number of carbonyl (C=O) groups excluding carboxylic acids is 1. The lowest BCUT2D eigenvalue weighted by Crippen LogP contribution is -2.38. The number of likely N-dealkylation sites (tertiary alicyclic amines) is 1. The highest BCUT2D eigenvalue weighted by atomic mass is 32.1. The molecule has 2 amide bonds. The van der Waals surface area contributed by atoms with Gasteiger partial charge < -0.3 is 15.3 Å². The molecule has 1 saturated heterocycles. The van der Waals surface area contributed by atoms with Crippen LogP contribution in [0.5, 0.6) is 0 Å². The number of rotatable bonds is 3. The van der Waals surface area contributed by atoms with Crippen molar-refractivity contribution in [2.24, 2.45) is 5.92 Å². The number of aryl methyl sites for hydroxylation is 1. The van der Waals surface area contributed by atoms with Gasteiger partial charge in [0.2, 0.25) is 0 Å². The van der Waals surface area contributed by atoms with Crippen LogP contribution in [0.25, 0.3) is 0 Å². The van der Waals surface area contributed by atoms with Gasteiger partial charge in [0, 0.05) is 18.5 Å². The minimum absolute atomic E-state index is 0.218. The molecule has 0 aromatic carbocycles. The summed E-state index contributed by atoms with van der Waals surface area (Å²) in [4.78, 5) is 28.4. The van der Waals surface area contributed by atoms with Crippen LogP contribution in [0.1, 0.15) is 17.1 Å². The number of nitrogens with zero attached hydrogens (tertiary/aromatic N) is 2. The fourth-order valence-corrected chi connectivity index (χ4v) is 2.53. The highest BCUT2D eigenvalue weighted by molar-refractivity contribution is 7.09. The molecule has 1 aromatic rings. The summed E-state index contributed by atoms with van der Waals surface area (Å²) in [7, 11) is 0. The normalized spacial score (nSPS) is 18.9. The largest absolute Gasteiger partial charge is 0.481 e. The Morgan fingerprint density at radius 1 is 1.67 bits per heavy atom. The maximum absolute atomic E-state index is 11.8. The Labute approximate surface area is 109 Å². The van der Waals surface area contributed by atoms with Crippen LogP contribution < -0.4 is 5.32 Å². The Kier molecular flexibility index (Phi) is 3.81. The van der Waals surface area contributed by atoms with Gasteiger partial charge in [-0.05, 0) is 13.3 Å². The number of aliphatic carboxylic acids is 1. The minimum atomic E-state index is -0.833. The lowest BCUT2D eigenvalue weighted by molar-refractivity contribution is -0.141. The van der Waals surface area contributed by atoms with Gasteiger partial charge in [0.05, 0.1) is 23.2 Å². The Balaban J connectivity index is 1.80. The number of hydrogen-bond donors (Lipinski definition) is 2. The topological polar surface area (TPSA) is 82.5 Å². The van der Waals surface area contributed by atoms with E-state index in [1.807, 2.05) is 12.3 Å². The van der Waals surface area contributed by atoms with Gasteiger partial charge in [0.15, 0.2) is 0 Å². The van der Waals surface area contributed by atoms with Crippen LogP contribution in [0.2, 0.25) is 0 Å². The van der Waals surface area contributed by atoms with Crippen molar-refractivity contribution in [2.75, 3.05) is 13.1 Å². The second-order valence-corrected chi connectivity index (χ2v) is 5.35. The van der Waals surface area contributed by atoms with Crippen LogP contribution in [-0.4, -0.2) is 40.1 Å². The van der Waals surface area contributed by atoms with Crippen molar-refractivity contribution in [3.8, 4) is 0 Å². The maximum Gasteiger partial charge on any atom is 0.317 e. The summed E-state index contributed by atoms with van der Waals surface area (Å²) >= 11 is 1.54. The maximum atomic E-state index is 11.8. The first-order chi connectivity index (χ1) is 8.56. The standard InChI is InChI=1S/C11H15N3O3S/c1-7-13-9(6-18-7)4-12-11(17)14-3-2-8(5-14)10(15)16/h6,8H,2-5H2,1H3,(H,12,17)(H,15,16). The van der Waals surface area contributed by atoms with Gasteiger partial charge in [-0.3, -0.25) is 4.79 Å². The van der Waals surface area contributed by atoms with E-state index in [1.165, 1.54) is 16.2 Å². The first-order valence-electron chi connectivity index (χ1n) is 5.73. The quantitative estimate of drug-likeness (QED) is 0.859. The molecule has 0 bridgehead atoms. The third-order valence-corrected chi connectivity index (χ3v) is 3.73. The summed E-state index contributed by atoms with van der Waals surface area (Å²) in [6, 6.07) is -0.218. The van der Waals surface area contributed by atoms with Gasteiger partial charge in [0.1, 0.15) is 0 Å². The summed E-state index contributed by atoms with van der Waals surface area (Å²) in [5.41, 5.74) is 0.833. The van der Waals surface area contributed by atoms with Crippen LogP contribution >= 0.6 is 11.3 Å². The Morgan fingerprint density at radius 2 is 2.44 bits per heavy atom. The number of aromatic nitrogens is 1. The van der Waals surface area contributed by atoms with Gasteiger partial charge in [0.25, 0.3) is 0 Å². The second kappa shape index (κ2) is 5.34. The van der Waals surface area contributed by atoms with E-state index < -0.39 is 11.9 Å². The fraction of sp³-hybridized carbons (Fsp3) is 0.545. The van der Waals surface area contributed by atoms with Crippen molar-refractivity contribution in [3.05, 3.63) is 16.1 Å². The predicted octanol–water partition coefficient (Wildman–Crippen LogP) is 1.07. The second-order valence-electron chi connectivity index (χ2n) is 4.29. The highest BCUT2D eigenvalue weighted by Gasteiger charge is 2.30.